The van der Waals surface area contributed by atoms with Crippen molar-refractivity contribution >= 4 is 15.7 Å². The number of benzene rings is 4. The number of sulfonamides is 1. The van der Waals surface area contributed by atoms with Crippen molar-refractivity contribution in [3.8, 4) is 11.8 Å². The Morgan fingerprint density at radius 2 is 1.26 bits per heavy atom. The largest absolute Gasteiger partial charge is 0.281 e. The number of anilines is 1. The van der Waals surface area contributed by atoms with Crippen LogP contribution in [0.1, 0.15) is 36.1 Å². The summed E-state index contributed by atoms with van der Waals surface area (Å²) in [7, 11) is -3.73. The zero-order valence-electron chi connectivity index (χ0n) is 22.1. The molecule has 4 aromatic rings. The summed E-state index contributed by atoms with van der Waals surface area (Å²) in [5.41, 5.74) is 4.57. The summed E-state index contributed by atoms with van der Waals surface area (Å²) in [6.45, 7) is 7.80. The normalized spacial score (nSPS) is 12.1. The van der Waals surface area contributed by atoms with Crippen LogP contribution in [-0.4, -0.2) is 19.4 Å². The number of rotatable bonds is 9. The molecule has 0 heterocycles. The van der Waals surface area contributed by atoms with Crippen molar-refractivity contribution in [1.82, 2.24) is 4.90 Å². The first-order valence-corrected chi connectivity index (χ1v) is 14.3. The minimum absolute atomic E-state index is 0.0443. The van der Waals surface area contributed by atoms with E-state index in [1.165, 1.54) is 11.1 Å². The molecule has 0 aliphatic carbocycles. The molecule has 5 heteroatoms. The summed E-state index contributed by atoms with van der Waals surface area (Å²) in [5, 5.41) is 0. The molecule has 4 rings (SSSR count). The van der Waals surface area contributed by atoms with Crippen LogP contribution in [0.5, 0.6) is 0 Å². The lowest BCUT2D eigenvalue weighted by atomic mass is 10.00. The Bertz CT molecular complexity index is 1450. The van der Waals surface area contributed by atoms with Gasteiger partial charge >= 0.3 is 0 Å². The van der Waals surface area contributed by atoms with E-state index in [-0.39, 0.29) is 16.9 Å². The first-order chi connectivity index (χ1) is 18.3. The van der Waals surface area contributed by atoms with Gasteiger partial charge in [-0.05, 0) is 48.2 Å². The molecule has 0 aliphatic heterocycles. The molecule has 194 valence electrons. The van der Waals surface area contributed by atoms with E-state index in [4.69, 9.17) is 0 Å². The van der Waals surface area contributed by atoms with E-state index in [0.717, 1.165) is 18.7 Å². The summed E-state index contributed by atoms with van der Waals surface area (Å²) in [4.78, 5) is 2.62. The Morgan fingerprint density at radius 3 is 1.82 bits per heavy atom. The lowest BCUT2D eigenvalue weighted by Gasteiger charge is -2.31. The number of hydrogen-bond donors (Lipinski definition) is 1. The standard InChI is InChI=1S/C33H34N2O2S/c1-26(2)33(35(24-28-12-6-4-7-13-28)25-29-14-8-5-9-15-29)23-20-30-16-10-11-17-32(30)34-38(36,37)31-21-18-27(3)19-22-31/h4-19,21-22,26,33-34H,24-25H2,1-3H3/t33-/m1/s1. The molecule has 0 aliphatic rings. The van der Waals surface area contributed by atoms with Crippen molar-refractivity contribution in [3.05, 3.63) is 131 Å². The third kappa shape index (κ3) is 7.35. The second-order valence-corrected chi connectivity index (χ2v) is 11.5. The van der Waals surface area contributed by atoms with Crippen molar-refractivity contribution < 1.29 is 8.42 Å². The fraction of sp³-hybridized carbons (Fsp3) is 0.212. The van der Waals surface area contributed by atoms with Gasteiger partial charge in [0.2, 0.25) is 0 Å². The summed E-state index contributed by atoms with van der Waals surface area (Å²) in [6.07, 6.45) is 0. The zero-order valence-corrected chi connectivity index (χ0v) is 22.9. The fourth-order valence-corrected chi connectivity index (χ4v) is 5.40. The summed E-state index contributed by atoms with van der Waals surface area (Å²) in [5.74, 6) is 7.06. The highest BCUT2D eigenvalue weighted by Gasteiger charge is 2.21. The first kappa shape index (κ1) is 27.2. The molecule has 0 bridgehead atoms. The molecule has 0 unspecified atom stereocenters. The molecule has 0 amide bonds. The molecule has 4 aromatic carbocycles. The monoisotopic (exact) mass is 522 g/mol. The van der Waals surface area contributed by atoms with Gasteiger partial charge in [-0.15, -0.1) is 0 Å². The molecule has 0 radical (unpaired) electrons. The van der Waals surface area contributed by atoms with Gasteiger partial charge in [-0.3, -0.25) is 9.62 Å². The van der Waals surface area contributed by atoms with E-state index in [9.17, 15) is 8.42 Å². The molecule has 1 atom stereocenters. The summed E-state index contributed by atoms with van der Waals surface area (Å²) < 4.78 is 28.9. The van der Waals surface area contributed by atoms with Gasteiger partial charge in [0.15, 0.2) is 0 Å². The molecular formula is C33H34N2O2S. The maximum Gasteiger partial charge on any atom is 0.261 e. The maximum absolute atomic E-state index is 13.1. The Kier molecular flexibility index (Phi) is 9.02. The number of para-hydroxylation sites is 1. The third-order valence-corrected chi connectivity index (χ3v) is 7.72. The van der Waals surface area contributed by atoms with Gasteiger partial charge in [-0.1, -0.05) is 116 Å². The second kappa shape index (κ2) is 12.6. The van der Waals surface area contributed by atoms with Crippen LogP contribution in [0.2, 0.25) is 0 Å². The van der Waals surface area contributed by atoms with Gasteiger partial charge in [-0.25, -0.2) is 8.42 Å². The average molecular weight is 523 g/mol. The van der Waals surface area contributed by atoms with E-state index in [1.54, 1.807) is 30.3 Å². The highest BCUT2D eigenvalue weighted by atomic mass is 32.2. The minimum atomic E-state index is -3.73. The van der Waals surface area contributed by atoms with Crippen LogP contribution in [0.4, 0.5) is 5.69 Å². The van der Waals surface area contributed by atoms with Crippen molar-refractivity contribution in [3.63, 3.8) is 0 Å². The quantitative estimate of drug-likeness (QED) is 0.244. The van der Waals surface area contributed by atoms with Crippen LogP contribution < -0.4 is 4.72 Å². The van der Waals surface area contributed by atoms with Crippen LogP contribution in [0.15, 0.2) is 114 Å². The first-order valence-electron chi connectivity index (χ1n) is 12.8. The molecule has 4 nitrogen and oxygen atoms in total. The third-order valence-electron chi connectivity index (χ3n) is 6.34. The van der Waals surface area contributed by atoms with Gasteiger partial charge in [0, 0.05) is 18.7 Å². The number of aryl methyl sites for hydroxylation is 1. The molecule has 0 saturated heterocycles. The van der Waals surface area contributed by atoms with Gasteiger partial charge in [-0.2, -0.15) is 0 Å². The molecule has 38 heavy (non-hydrogen) atoms. The lowest BCUT2D eigenvalue weighted by Crippen LogP contribution is -2.37. The predicted octanol–water partition coefficient (Wildman–Crippen LogP) is 6.87. The highest BCUT2D eigenvalue weighted by Crippen LogP contribution is 2.22. The minimum Gasteiger partial charge on any atom is -0.281 e. The van der Waals surface area contributed by atoms with Crippen LogP contribution in [0.3, 0.4) is 0 Å². The van der Waals surface area contributed by atoms with Gasteiger partial charge in [0.05, 0.1) is 16.6 Å². The van der Waals surface area contributed by atoms with Crippen LogP contribution in [-0.2, 0) is 23.1 Å². The highest BCUT2D eigenvalue weighted by molar-refractivity contribution is 7.92. The Balaban J connectivity index is 1.65. The van der Waals surface area contributed by atoms with E-state index in [2.05, 4.69) is 83.8 Å². The van der Waals surface area contributed by atoms with E-state index in [0.29, 0.717) is 11.3 Å². The SMILES string of the molecule is Cc1ccc(S(=O)(=O)Nc2ccccc2C#C[C@H](C(C)C)N(Cc2ccccc2)Cc2ccccc2)cc1. The number of nitrogens with zero attached hydrogens (tertiary/aromatic N) is 1. The average Bonchev–Trinajstić information content (AvgIpc) is 2.91. The van der Waals surface area contributed by atoms with Crippen LogP contribution in [0, 0.1) is 24.7 Å². The number of nitrogens with one attached hydrogen (secondary N) is 1. The van der Waals surface area contributed by atoms with Gasteiger partial charge < -0.3 is 0 Å². The summed E-state index contributed by atoms with van der Waals surface area (Å²) >= 11 is 0. The molecule has 0 fully saturated rings. The molecule has 1 N–H and O–H groups in total. The zero-order chi connectivity index (χ0) is 27.0. The fourth-order valence-electron chi connectivity index (χ4n) is 4.32. The summed E-state index contributed by atoms with van der Waals surface area (Å²) in [6, 6.07) is 34.9. The van der Waals surface area contributed by atoms with Crippen LogP contribution >= 0.6 is 0 Å². The molecular weight excluding hydrogens is 488 g/mol. The van der Waals surface area contributed by atoms with E-state index < -0.39 is 10.0 Å². The molecule has 0 aromatic heterocycles. The van der Waals surface area contributed by atoms with Crippen molar-refractivity contribution in [1.29, 1.82) is 0 Å². The van der Waals surface area contributed by atoms with Crippen molar-refractivity contribution in [2.24, 2.45) is 5.92 Å². The van der Waals surface area contributed by atoms with Crippen LogP contribution in [0.25, 0.3) is 0 Å². The molecule has 0 spiro atoms. The topological polar surface area (TPSA) is 49.4 Å². The number of hydrogen-bond acceptors (Lipinski definition) is 3. The maximum atomic E-state index is 13.1. The predicted molar refractivity (Wildman–Crippen MR) is 156 cm³/mol. The smallest absolute Gasteiger partial charge is 0.261 e. The Morgan fingerprint density at radius 1 is 0.737 bits per heavy atom. The van der Waals surface area contributed by atoms with E-state index >= 15 is 0 Å². The Labute approximate surface area is 227 Å². The lowest BCUT2D eigenvalue weighted by molar-refractivity contribution is 0.179. The molecule has 0 saturated carbocycles. The van der Waals surface area contributed by atoms with Gasteiger partial charge in [0.1, 0.15) is 0 Å². The Hall–Kier alpha value is -3.85. The second-order valence-electron chi connectivity index (χ2n) is 9.80. The van der Waals surface area contributed by atoms with Crippen molar-refractivity contribution in [2.75, 3.05) is 4.72 Å². The van der Waals surface area contributed by atoms with Gasteiger partial charge in [0.25, 0.3) is 10.0 Å². The van der Waals surface area contributed by atoms with E-state index in [1.807, 2.05) is 37.3 Å². The van der Waals surface area contributed by atoms with Crippen molar-refractivity contribution in [2.45, 2.75) is 44.8 Å².